The Hall–Kier alpha value is -1.29. The zero-order valence-corrected chi connectivity index (χ0v) is 10.9. The van der Waals surface area contributed by atoms with Crippen molar-refractivity contribution in [2.45, 2.75) is 19.1 Å². The zero-order valence-electron chi connectivity index (χ0n) is 10.1. The molecule has 0 radical (unpaired) electrons. The molecule has 1 aromatic carbocycles. The molecular formula is C14H16ClNO2. The summed E-state index contributed by atoms with van der Waals surface area (Å²) in [5.41, 5.74) is 1.02. The standard InChI is InChI=1S/C14H16ClNO2/c1-10(11-5-2-3-6-12(11)15)16-9-13(17)14-7-4-8-18-14/h2-8,10,13,16-17H,9H2,1H3/t10-,13?/m1/s1. The van der Waals surface area contributed by atoms with Crippen molar-refractivity contribution >= 4 is 11.6 Å². The van der Waals surface area contributed by atoms with Gasteiger partial charge in [0, 0.05) is 17.6 Å². The van der Waals surface area contributed by atoms with Gasteiger partial charge in [0.25, 0.3) is 0 Å². The van der Waals surface area contributed by atoms with Crippen molar-refractivity contribution in [3.8, 4) is 0 Å². The van der Waals surface area contributed by atoms with Gasteiger partial charge in [-0.15, -0.1) is 0 Å². The van der Waals surface area contributed by atoms with Crippen LogP contribution in [0.15, 0.2) is 47.1 Å². The summed E-state index contributed by atoms with van der Waals surface area (Å²) in [7, 11) is 0. The van der Waals surface area contributed by atoms with E-state index in [-0.39, 0.29) is 6.04 Å². The molecule has 0 saturated carbocycles. The molecule has 0 fully saturated rings. The van der Waals surface area contributed by atoms with Gasteiger partial charge in [-0.05, 0) is 30.7 Å². The number of aliphatic hydroxyl groups is 1. The molecule has 0 aliphatic heterocycles. The Morgan fingerprint density at radius 3 is 2.72 bits per heavy atom. The molecule has 1 aromatic heterocycles. The quantitative estimate of drug-likeness (QED) is 0.872. The van der Waals surface area contributed by atoms with E-state index in [1.807, 2.05) is 31.2 Å². The Kier molecular flexibility index (Phi) is 4.42. The largest absolute Gasteiger partial charge is 0.467 e. The number of hydrogen-bond donors (Lipinski definition) is 2. The van der Waals surface area contributed by atoms with E-state index in [2.05, 4.69) is 5.32 Å². The first-order valence-electron chi connectivity index (χ1n) is 5.87. The highest BCUT2D eigenvalue weighted by atomic mass is 35.5. The second-order valence-corrected chi connectivity index (χ2v) is 4.59. The average Bonchev–Trinajstić information content (AvgIpc) is 2.90. The van der Waals surface area contributed by atoms with Gasteiger partial charge in [-0.3, -0.25) is 0 Å². The molecule has 1 heterocycles. The van der Waals surface area contributed by atoms with Crippen molar-refractivity contribution in [2.75, 3.05) is 6.54 Å². The van der Waals surface area contributed by atoms with Gasteiger partial charge < -0.3 is 14.8 Å². The maximum absolute atomic E-state index is 9.89. The highest BCUT2D eigenvalue weighted by Gasteiger charge is 2.13. The topological polar surface area (TPSA) is 45.4 Å². The molecule has 0 aliphatic rings. The van der Waals surface area contributed by atoms with E-state index < -0.39 is 6.10 Å². The lowest BCUT2D eigenvalue weighted by molar-refractivity contribution is 0.144. The average molecular weight is 266 g/mol. The number of halogens is 1. The number of nitrogens with one attached hydrogen (secondary N) is 1. The first kappa shape index (κ1) is 13.1. The lowest BCUT2D eigenvalue weighted by Gasteiger charge is -2.17. The van der Waals surface area contributed by atoms with Crippen LogP contribution in [0.4, 0.5) is 0 Å². The van der Waals surface area contributed by atoms with E-state index in [1.54, 1.807) is 18.4 Å². The van der Waals surface area contributed by atoms with Crippen LogP contribution in [-0.2, 0) is 0 Å². The molecular weight excluding hydrogens is 250 g/mol. The van der Waals surface area contributed by atoms with E-state index in [1.165, 1.54) is 0 Å². The molecule has 3 nitrogen and oxygen atoms in total. The van der Waals surface area contributed by atoms with Crippen molar-refractivity contribution in [1.29, 1.82) is 0 Å². The Balaban J connectivity index is 1.93. The van der Waals surface area contributed by atoms with Crippen LogP contribution < -0.4 is 5.32 Å². The fourth-order valence-electron chi connectivity index (χ4n) is 1.81. The molecule has 0 amide bonds. The van der Waals surface area contributed by atoms with Crippen LogP contribution in [0.25, 0.3) is 0 Å². The predicted molar refractivity (Wildman–Crippen MR) is 71.5 cm³/mol. The maximum atomic E-state index is 9.89. The smallest absolute Gasteiger partial charge is 0.133 e. The van der Waals surface area contributed by atoms with E-state index in [4.69, 9.17) is 16.0 Å². The fourth-order valence-corrected chi connectivity index (χ4v) is 2.11. The first-order chi connectivity index (χ1) is 8.68. The van der Waals surface area contributed by atoms with Crippen LogP contribution in [0.2, 0.25) is 5.02 Å². The van der Waals surface area contributed by atoms with Crippen LogP contribution in [0.1, 0.15) is 30.4 Å². The van der Waals surface area contributed by atoms with Crippen molar-refractivity contribution in [2.24, 2.45) is 0 Å². The fraction of sp³-hybridized carbons (Fsp3) is 0.286. The van der Waals surface area contributed by atoms with Crippen molar-refractivity contribution < 1.29 is 9.52 Å². The molecule has 2 N–H and O–H groups in total. The minimum absolute atomic E-state index is 0.0725. The van der Waals surface area contributed by atoms with Crippen molar-refractivity contribution in [1.82, 2.24) is 5.32 Å². The minimum Gasteiger partial charge on any atom is -0.467 e. The summed E-state index contributed by atoms with van der Waals surface area (Å²) >= 11 is 6.11. The summed E-state index contributed by atoms with van der Waals surface area (Å²) in [4.78, 5) is 0. The van der Waals surface area contributed by atoms with Crippen LogP contribution in [0.5, 0.6) is 0 Å². The molecule has 96 valence electrons. The number of hydrogen-bond acceptors (Lipinski definition) is 3. The molecule has 18 heavy (non-hydrogen) atoms. The lowest BCUT2D eigenvalue weighted by Crippen LogP contribution is -2.24. The lowest BCUT2D eigenvalue weighted by atomic mass is 10.1. The molecule has 2 aromatic rings. The summed E-state index contributed by atoms with van der Waals surface area (Å²) in [5, 5.41) is 13.8. The zero-order chi connectivity index (χ0) is 13.0. The van der Waals surface area contributed by atoms with Crippen LogP contribution in [0, 0.1) is 0 Å². The first-order valence-corrected chi connectivity index (χ1v) is 6.25. The summed E-state index contributed by atoms with van der Waals surface area (Å²) in [5.74, 6) is 0.564. The normalized spacial score (nSPS) is 14.4. The molecule has 0 aliphatic carbocycles. The summed E-state index contributed by atoms with van der Waals surface area (Å²) in [6.45, 7) is 2.43. The molecule has 0 saturated heterocycles. The third kappa shape index (κ3) is 3.13. The second kappa shape index (κ2) is 6.05. The van der Waals surface area contributed by atoms with Crippen LogP contribution in [0.3, 0.4) is 0 Å². The minimum atomic E-state index is -0.648. The molecule has 2 rings (SSSR count). The van der Waals surface area contributed by atoms with Gasteiger partial charge in [0.05, 0.1) is 6.26 Å². The van der Waals surface area contributed by atoms with Crippen molar-refractivity contribution in [3.05, 3.63) is 59.0 Å². The van der Waals surface area contributed by atoms with E-state index in [9.17, 15) is 5.11 Å². The number of rotatable bonds is 5. The summed E-state index contributed by atoms with van der Waals surface area (Å²) in [6.07, 6.45) is 0.903. The van der Waals surface area contributed by atoms with Gasteiger partial charge in [-0.2, -0.15) is 0 Å². The Morgan fingerprint density at radius 1 is 1.28 bits per heavy atom. The monoisotopic (exact) mass is 265 g/mol. The Labute approximate surface area is 111 Å². The molecule has 0 spiro atoms. The molecule has 1 unspecified atom stereocenters. The second-order valence-electron chi connectivity index (χ2n) is 4.18. The SMILES string of the molecule is C[C@@H](NCC(O)c1ccco1)c1ccccc1Cl. The molecule has 2 atom stereocenters. The van der Waals surface area contributed by atoms with E-state index in [0.29, 0.717) is 12.3 Å². The number of furan rings is 1. The predicted octanol–water partition coefficient (Wildman–Crippen LogP) is 3.32. The number of aliphatic hydroxyl groups excluding tert-OH is 1. The van der Waals surface area contributed by atoms with Gasteiger partial charge in [-0.25, -0.2) is 0 Å². The van der Waals surface area contributed by atoms with Gasteiger partial charge in [0.1, 0.15) is 11.9 Å². The van der Waals surface area contributed by atoms with Crippen molar-refractivity contribution in [3.63, 3.8) is 0 Å². The van der Waals surface area contributed by atoms with Crippen LogP contribution in [-0.4, -0.2) is 11.7 Å². The maximum Gasteiger partial charge on any atom is 0.133 e. The third-order valence-corrected chi connectivity index (χ3v) is 3.20. The van der Waals surface area contributed by atoms with Gasteiger partial charge in [0.15, 0.2) is 0 Å². The van der Waals surface area contributed by atoms with E-state index in [0.717, 1.165) is 10.6 Å². The molecule has 4 heteroatoms. The van der Waals surface area contributed by atoms with Gasteiger partial charge >= 0.3 is 0 Å². The highest BCUT2D eigenvalue weighted by molar-refractivity contribution is 6.31. The van der Waals surface area contributed by atoms with Crippen LogP contribution >= 0.6 is 11.6 Å². The number of benzene rings is 1. The summed E-state index contributed by atoms with van der Waals surface area (Å²) < 4.78 is 5.14. The van der Waals surface area contributed by atoms with Gasteiger partial charge in [0.2, 0.25) is 0 Å². The third-order valence-electron chi connectivity index (χ3n) is 2.86. The Morgan fingerprint density at radius 2 is 2.06 bits per heavy atom. The summed E-state index contributed by atoms with van der Waals surface area (Å²) in [6, 6.07) is 11.3. The van der Waals surface area contributed by atoms with E-state index >= 15 is 0 Å². The Bertz CT molecular complexity index is 484. The molecule has 0 bridgehead atoms. The van der Waals surface area contributed by atoms with Gasteiger partial charge in [-0.1, -0.05) is 29.8 Å². The highest BCUT2D eigenvalue weighted by Crippen LogP contribution is 2.22.